The van der Waals surface area contributed by atoms with Gasteiger partial charge in [-0.05, 0) is 25.8 Å². The number of hydrogen-bond donors (Lipinski definition) is 2. The van der Waals surface area contributed by atoms with Crippen LogP contribution in [0.25, 0.3) is 0 Å². The normalized spacial score (nSPS) is 49.7. The van der Waals surface area contributed by atoms with Crippen LogP contribution in [-0.2, 0) is 0 Å². The highest BCUT2D eigenvalue weighted by Gasteiger charge is 2.38. The molecule has 0 aromatic carbocycles. The Hall–Kier alpha value is -0.0800. The van der Waals surface area contributed by atoms with Gasteiger partial charge < -0.3 is 10.4 Å². The quantitative estimate of drug-likeness (QED) is 0.484. The van der Waals surface area contributed by atoms with E-state index < -0.39 is 0 Å². The molecule has 1 saturated heterocycles. The molecule has 2 nitrogen and oxygen atoms in total. The van der Waals surface area contributed by atoms with Gasteiger partial charge in [0.2, 0.25) is 0 Å². The van der Waals surface area contributed by atoms with E-state index in [1.54, 1.807) is 0 Å². The van der Waals surface area contributed by atoms with E-state index >= 15 is 0 Å². The Morgan fingerprint density at radius 2 is 2.11 bits per heavy atom. The average Bonchev–Trinajstić information content (AvgIpc) is 1.74. The minimum absolute atomic E-state index is 0.00463. The van der Waals surface area contributed by atoms with Crippen molar-refractivity contribution in [3.63, 3.8) is 0 Å². The molecular weight excluding hydrogens is 114 g/mol. The molecule has 2 aliphatic rings. The maximum Gasteiger partial charge on any atom is 0.0595 e. The first-order valence-electron chi connectivity index (χ1n) is 3.79. The van der Waals surface area contributed by atoms with Gasteiger partial charge in [0.05, 0.1) is 6.10 Å². The number of aliphatic hydroxyl groups is 1. The molecule has 2 rings (SSSR count). The summed E-state index contributed by atoms with van der Waals surface area (Å²) in [7, 11) is 0. The van der Waals surface area contributed by atoms with Crippen molar-refractivity contribution in [3.8, 4) is 0 Å². The van der Waals surface area contributed by atoms with Crippen molar-refractivity contribution in [2.75, 3.05) is 6.54 Å². The predicted octanol–water partition coefficient (Wildman–Crippen LogP) is 0.119. The van der Waals surface area contributed by atoms with Crippen molar-refractivity contribution in [1.82, 2.24) is 5.32 Å². The monoisotopic (exact) mass is 127 g/mol. The molecule has 3 unspecified atom stereocenters. The zero-order chi connectivity index (χ0) is 6.27. The molecule has 52 valence electrons. The summed E-state index contributed by atoms with van der Waals surface area (Å²) in [4.78, 5) is 0. The third-order valence-electron chi connectivity index (χ3n) is 2.67. The summed E-state index contributed by atoms with van der Waals surface area (Å²) in [6.45, 7) is 1.02. The van der Waals surface area contributed by atoms with Crippen molar-refractivity contribution in [1.29, 1.82) is 0 Å². The van der Waals surface area contributed by atoms with Crippen molar-refractivity contribution >= 4 is 0 Å². The molecule has 1 aliphatic heterocycles. The molecular formula is C7H13NO. The van der Waals surface area contributed by atoms with Gasteiger partial charge in [-0.1, -0.05) is 0 Å². The molecule has 0 amide bonds. The number of hydrogen-bond acceptors (Lipinski definition) is 2. The van der Waals surface area contributed by atoms with Gasteiger partial charge in [0.15, 0.2) is 0 Å². The first-order chi connectivity index (χ1) is 4.38. The van der Waals surface area contributed by atoms with Crippen LogP contribution in [-0.4, -0.2) is 23.8 Å². The van der Waals surface area contributed by atoms with Gasteiger partial charge >= 0.3 is 0 Å². The second-order valence-electron chi connectivity index (χ2n) is 3.16. The third-order valence-corrected chi connectivity index (χ3v) is 2.67. The lowest BCUT2D eigenvalue weighted by atomic mass is 9.73. The summed E-state index contributed by atoms with van der Waals surface area (Å²) in [6.07, 6.45) is 3.48. The molecule has 9 heavy (non-hydrogen) atoms. The van der Waals surface area contributed by atoms with Crippen LogP contribution in [0.15, 0.2) is 0 Å². The van der Waals surface area contributed by atoms with E-state index in [0.29, 0.717) is 12.0 Å². The minimum Gasteiger partial charge on any atom is -0.393 e. The maximum atomic E-state index is 9.36. The SMILES string of the molecule is OC1CCNC2CCC12. The molecule has 0 spiro atoms. The van der Waals surface area contributed by atoms with E-state index in [9.17, 15) is 5.11 Å². The second-order valence-corrected chi connectivity index (χ2v) is 3.16. The van der Waals surface area contributed by atoms with Crippen LogP contribution < -0.4 is 5.32 Å². The Balaban J connectivity index is 1.98. The van der Waals surface area contributed by atoms with Gasteiger partial charge in [-0.2, -0.15) is 0 Å². The van der Waals surface area contributed by atoms with E-state index in [2.05, 4.69) is 5.32 Å². The van der Waals surface area contributed by atoms with Crippen LogP contribution in [0.4, 0.5) is 0 Å². The van der Waals surface area contributed by atoms with Gasteiger partial charge in [-0.3, -0.25) is 0 Å². The van der Waals surface area contributed by atoms with Gasteiger partial charge in [0, 0.05) is 12.0 Å². The Bertz CT molecular complexity index is 109. The number of aliphatic hydroxyl groups excluding tert-OH is 1. The summed E-state index contributed by atoms with van der Waals surface area (Å²) in [5, 5.41) is 12.7. The van der Waals surface area contributed by atoms with E-state index in [-0.39, 0.29) is 6.10 Å². The topological polar surface area (TPSA) is 32.3 Å². The lowest BCUT2D eigenvalue weighted by molar-refractivity contribution is 0.00222. The van der Waals surface area contributed by atoms with Crippen LogP contribution in [0, 0.1) is 5.92 Å². The minimum atomic E-state index is 0.00463. The lowest BCUT2D eigenvalue weighted by Gasteiger charge is -2.44. The summed E-state index contributed by atoms with van der Waals surface area (Å²) in [5.41, 5.74) is 0. The van der Waals surface area contributed by atoms with Crippen molar-refractivity contribution in [2.24, 2.45) is 5.92 Å². The highest BCUT2D eigenvalue weighted by Crippen LogP contribution is 2.33. The number of fused-ring (bicyclic) bond motifs is 1. The molecule has 2 heteroatoms. The van der Waals surface area contributed by atoms with Crippen LogP contribution in [0.2, 0.25) is 0 Å². The van der Waals surface area contributed by atoms with Gasteiger partial charge in [-0.25, -0.2) is 0 Å². The average molecular weight is 127 g/mol. The van der Waals surface area contributed by atoms with Crippen LogP contribution in [0.5, 0.6) is 0 Å². The molecule has 2 N–H and O–H groups in total. The Kier molecular flexibility index (Phi) is 1.24. The smallest absolute Gasteiger partial charge is 0.0595 e. The molecule has 1 saturated carbocycles. The van der Waals surface area contributed by atoms with E-state index in [4.69, 9.17) is 0 Å². The van der Waals surface area contributed by atoms with E-state index in [0.717, 1.165) is 13.0 Å². The molecule has 0 radical (unpaired) electrons. The first kappa shape index (κ1) is 5.69. The molecule has 0 aromatic rings. The number of piperidine rings is 1. The first-order valence-corrected chi connectivity index (χ1v) is 3.79. The van der Waals surface area contributed by atoms with Gasteiger partial charge in [-0.15, -0.1) is 0 Å². The molecule has 1 heterocycles. The fourth-order valence-corrected chi connectivity index (χ4v) is 1.87. The van der Waals surface area contributed by atoms with Crippen molar-refractivity contribution in [2.45, 2.75) is 31.4 Å². The van der Waals surface area contributed by atoms with Gasteiger partial charge in [0.25, 0.3) is 0 Å². The predicted molar refractivity (Wildman–Crippen MR) is 35.1 cm³/mol. The number of rotatable bonds is 0. The fraction of sp³-hybridized carbons (Fsp3) is 1.00. The lowest BCUT2D eigenvalue weighted by Crippen LogP contribution is -2.54. The summed E-state index contributed by atoms with van der Waals surface area (Å²) < 4.78 is 0. The number of nitrogens with one attached hydrogen (secondary N) is 1. The molecule has 0 aromatic heterocycles. The second kappa shape index (κ2) is 1.96. The van der Waals surface area contributed by atoms with Crippen molar-refractivity contribution < 1.29 is 5.11 Å². The third kappa shape index (κ3) is 0.775. The highest BCUT2D eigenvalue weighted by atomic mass is 16.3. The van der Waals surface area contributed by atoms with E-state index in [1.165, 1.54) is 12.8 Å². The largest absolute Gasteiger partial charge is 0.393 e. The summed E-state index contributed by atoms with van der Waals surface area (Å²) in [5.74, 6) is 0.596. The van der Waals surface area contributed by atoms with Gasteiger partial charge in [0.1, 0.15) is 0 Å². The Labute approximate surface area is 55.3 Å². The molecule has 1 aliphatic carbocycles. The zero-order valence-electron chi connectivity index (χ0n) is 5.51. The van der Waals surface area contributed by atoms with Crippen LogP contribution in [0.1, 0.15) is 19.3 Å². The maximum absolute atomic E-state index is 9.36. The van der Waals surface area contributed by atoms with E-state index in [1.807, 2.05) is 0 Å². The Morgan fingerprint density at radius 1 is 1.22 bits per heavy atom. The fourth-order valence-electron chi connectivity index (χ4n) is 1.87. The van der Waals surface area contributed by atoms with Crippen molar-refractivity contribution in [3.05, 3.63) is 0 Å². The standard InChI is InChI=1S/C7H13NO/c9-7-3-4-8-6-2-1-5(6)7/h5-9H,1-4H2. The van der Waals surface area contributed by atoms with Crippen LogP contribution >= 0.6 is 0 Å². The molecule has 0 bridgehead atoms. The zero-order valence-corrected chi connectivity index (χ0v) is 5.51. The highest BCUT2D eigenvalue weighted by molar-refractivity contribution is 4.94. The Morgan fingerprint density at radius 3 is 2.56 bits per heavy atom. The summed E-state index contributed by atoms with van der Waals surface area (Å²) in [6, 6.07) is 0.661. The summed E-state index contributed by atoms with van der Waals surface area (Å²) >= 11 is 0. The van der Waals surface area contributed by atoms with Crippen LogP contribution in [0.3, 0.4) is 0 Å². The molecule has 2 fully saturated rings. The molecule has 3 atom stereocenters.